The number of ether oxygens (including phenoxy) is 1. The van der Waals surface area contributed by atoms with Crippen molar-refractivity contribution in [3.8, 4) is 5.88 Å². The molecule has 1 N–H and O–H groups in total. The second kappa shape index (κ2) is 11.9. The van der Waals surface area contributed by atoms with E-state index < -0.39 is 17.3 Å². The van der Waals surface area contributed by atoms with Gasteiger partial charge in [-0.05, 0) is 79.9 Å². The summed E-state index contributed by atoms with van der Waals surface area (Å²) in [6.07, 6.45) is 2.15. The lowest BCUT2D eigenvalue weighted by molar-refractivity contribution is 0.00343. The van der Waals surface area contributed by atoms with Crippen molar-refractivity contribution in [2.75, 3.05) is 33.5 Å². The van der Waals surface area contributed by atoms with Crippen LogP contribution in [0.2, 0.25) is 0 Å². The van der Waals surface area contributed by atoms with Crippen molar-refractivity contribution in [2.45, 2.75) is 29.9 Å². The maximum atomic E-state index is 14.5. The van der Waals surface area contributed by atoms with Gasteiger partial charge in [0, 0.05) is 34.1 Å². The first-order chi connectivity index (χ1) is 17.7. The van der Waals surface area contributed by atoms with E-state index in [0.717, 1.165) is 31.7 Å². The molecule has 0 fully saturated rings. The van der Waals surface area contributed by atoms with Crippen molar-refractivity contribution in [1.82, 2.24) is 14.9 Å². The van der Waals surface area contributed by atoms with Crippen molar-refractivity contribution in [1.29, 1.82) is 0 Å². The molecule has 0 aliphatic rings. The monoisotopic (exact) mass is 583 g/mol. The minimum Gasteiger partial charge on any atom is -0.481 e. The third kappa shape index (κ3) is 6.14. The van der Waals surface area contributed by atoms with Crippen LogP contribution >= 0.6 is 27.7 Å². The summed E-state index contributed by atoms with van der Waals surface area (Å²) in [5, 5.41) is 14.4. The van der Waals surface area contributed by atoms with Gasteiger partial charge in [-0.15, -0.1) is 11.8 Å². The molecule has 4 aromatic rings. The van der Waals surface area contributed by atoms with Crippen molar-refractivity contribution in [2.24, 2.45) is 0 Å². The average Bonchev–Trinajstić information content (AvgIpc) is 2.88. The molecule has 8 heteroatoms. The molecule has 2 atom stereocenters. The Bertz CT molecular complexity index is 1370. The Labute approximate surface area is 230 Å². The van der Waals surface area contributed by atoms with E-state index >= 15 is 0 Å². The van der Waals surface area contributed by atoms with Crippen LogP contribution in [0.15, 0.2) is 76.4 Å². The van der Waals surface area contributed by atoms with Crippen LogP contribution in [0, 0.1) is 5.82 Å². The van der Waals surface area contributed by atoms with E-state index in [1.165, 1.54) is 12.1 Å². The first-order valence-corrected chi connectivity index (χ1v) is 13.9. The molecular weight excluding hydrogens is 553 g/mol. The lowest BCUT2D eigenvalue weighted by atomic mass is 9.72. The highest BCUT2D eigenvalue weighted by Crippen LogP contribution is 2.47. The molecular formula is C29H31BrFN3O2S. The number of aromatic nitrogens is 2. The molecule has 2 aromatic heterocycles. The van der Waals surface area contributed by atoms with Crippen LogP contribution in [-0.4, -0.2) is 53.5 Å². The van der Waals surface area contributed by atoms with Gasteiger partial charge in [0.1, 0.15) is 11.4 Å². The molecule has 0 unspecified atom stereocenters. The number of methoxy groups -OCH3 is 1. The number of hydrogen-bond acceptors (Lipinski definition) is 6. The summed E-state index contributed by atoms with van der Waals surface area (Å²) in [5.74, 6) is 0.281. The number of hydrogen-bond donors (Lipinski definition) is 1. The summed E-state index contributed by atoms with van der Waals surface area (Å²) < 4.78 is 21.2. The molecule has 0 amide bonds. The van der Waals surface area contributed by atoms with Crippen molar-refractivity contribution >= 4 is 38.6 Å². The van der Waals surface area contributed by atoms with Crippen LogP contribution in [0.4, 0.5) is 4.39 Å². The van der Waals surface area contributed by atoms with Crippen LogP contribution in [0.3, 0.4) is 0 Å². The van der Waals surface area contributed by atoms with E-state index in [0.29, 0.717) is 30.0 Å². The molecule has 2 heterocycles. The lowest BCUT2D eigenvalue weighted by Gasteiger charge is -2.38. The van der Waals surface area contributed by atoms with Gasteiger partial charge in [-0.2, -0.15) is 0 Å². The maximum Gasteiger partial charge on any atom is 0.217 e. The van der Waals surface area contributed by atoms with Gasteiger partial charge in [-0.3, -0.25) is 0 Å². The number of fused-ring (bicyclic) bond motifs is 1. The Morgan fingerprint density at radius 1 is 1.14 bits per heavy atom. The molecule has 194 valence electrons. The molecule has 37 heavy (non-hydrogen) atoms. The van der Waals surface area contributed by atoms with Crippen molar-refractivity contribution in [3.63, 3.8) is 0 Å². The van der Waals surface area contributed by atoms with E-state index in [9.17, 15) is 9.50 Å². The van der Waals surface area contributed by atoms with Gasteiger partial charge < -0.3 is 14.7 Å². The fourth-order valence-electron chi connectivity index (χ4n) is 4.63. The molecule has 0 saturated heterocycles. The van der Waals surface area contributed by atoms with Crippen LogP contribution in [0.5, 0.6) is 5.88 Å². The zero-order chi connectivity index (χ0) is 26.6. The number of halogens is 2. The van der Waals surface area contributed by atoms with Crippen molar-refractivity contribution in [3.05, 3.63) is 93.8 Å². The molecule has 4 rings (SSSR count). The summed E-state index contributed by atoms with van der Waals surface area (Å²) in [6.45, 7) is 2.66. The predicted octanol–water partition coefficient (Wildman–Crippen LogP) is 6.62. The van der Waals surface area contributed by atoms with E-state index in [-0.39, 0.29) is 0 Å². The third-order valence-electron chi connectivity index (χ3n) is 6.40. The standard InChI is InChI=1S/C29H31BrFN3O2S/c1-5-37-26-12-9-19(18-32-26)27(24-16-20-15-22(30)10-11-25(20)33-28(24)36-4)29(35,13-14-34(2)3)21-7-6-8-23(31)17-21/h6-12,15-18,27,35H,5,13-14H2,1-4H3/t27-,29-/m1/s1. The average molecular weight is 585 g/mol. The maximum absolute atomic E-state index is 14.5. The van der Waals surface area contributed by atoms with Gasteiger partial charge in [-0.1, -0.05) is 41.1 Å². The van der Waals surface area contributed by atoms with E-state index in [1.807, 2.05) is 55.4 Å². The number of aliphatic hydroxyl groups is 1. The zero-order valence-electron chi connectivity index (χ0n) is 21.4. The van der Waals surface area contributed by atoms with E-state index in [4.69, 9.17) is 9.72 Å². The number of pyridine rings is 2. The summed E-state index contributed by atoms with van der Waals surface area (Å²) in [4.78, 5) is 11.5. The topological polar surface area (TPSA) is 58.5 Å². The van der Waals surface area contributed by atoms with Crippen LogP contribution < -0.4 is 4.74 Å². The van der Waals surface area contributed by atoms with Gasteiger partial charge in [-0.25, -0.2) is 14.4 Å². The van der Waals surface area contributed by atoms with Gasteiger partial charge >= 0.3 is 0 Å². The fraction of sp³-hybridized carbons (Fsp3) is 0.310. The largest absolute Gasteiger partial charge is 0.481 e. The summed E-state index contributed by atoms with van der Waals surface area (Å²) in [7, 11) is 5.48. The summed E-state index contributed by atoms with van der Waals surface area (Å²) in [5.41, 5.74) is 1.28. The summed E-state index contributed by atoms with van der Waals surface area (Å²) in [6, 6.07) is 18.0. The minimum absolute atomic E-state index is 0.346. The molecule has 0 radical (unpaired) electrons. The smallest absolute Gasteiger partial charge is 0.217 e. The minimum atomic E-state index is -1.48. The Morgan fingerprint density at radius 2 is 1.95 bits per heavy atom. The first kappa shape index (κ1) is 27.5. The van der Waals surface area contributed by atoms with E-state index in [2.05, 4.69) is 27.8 Å². The molecule has 0 spiro atoms. The fourth-order valence-corrected chi connectivity index (χ4v) is 5.60. The van der Waals surface area contributed by atoms with Gasteiger partial charge in [0.05, 0.1) is 17.7 Å². The van der Waals surface area contributed by atoms with Gasteiger partial charge in [0.15, 0.2) is 0 Å². The molecule has 0 bridgehead atoms. The number of rotatable bonds is 10. The SMILES string of the molecule is CCSc1ccc([C@H](c2cc3cc(Br)ccc3nc2OC)[C@@](O)(CCN(C)C)c2cccc(F)c2)cn1. The number of nitrogens with zero attached hydrogens (tertiary/aromatic N) is 3. The Hall–Kier alpha value is -2.52. The van der Waals surface area contributed by atoms with Crippen LogP contribution in [0.25, 0.3) is 10.9 Å². The second-order valence-electron chi connectivity index (χ2n) is 9.21. The normalized spacial score (nSPS) is 14.1. The third-order valence-corrected chi connectivity index (χ3v) is 7.72. The highest BCUT2D eigenvalue weighted by atomic mass is 79.9. The second-order valence-corrected chi connectivity index (χ2v) is 11.4. The molecule has 2 aromatic carbocycles. The Kier molecular flexibility index (Phi) is 8.85. The lowest BCUT2D eigenvalue weighted by Crippen LogP contribution is -2.38. The Morgan fingerprint density at radius 3 is 2.59 bits per heavy atom. The van der Waals surface area contributed by atoms with Gasteiger partial charge in [0.2, 0.25) is 5.88 Å². The Balaban J connectivity index is 2.01. The first-order valence-electron chi connectivity index (χ1n) is 12.1. The summed E-state index contributed by atoms with van der Waals surface area (Å²) >= 11 is 5.20. The molecule has 0 saturated carbocycles. The number of thioether (sulfide) groups is 1. The molecule has 0 aliphatic heterocycles. The highest BCUT2D eigenvalue weighted by Gasteiger charge is 2.42. The highest BCUT2D eigenvalue weighted by molar-refractivity contribution is 9.10. The predicted molar refractivity (Wildman–Crippen MR) is 152 cm³/mol. The quantitative estimate of drug-likeness (QED) is 0.212. The van der Waals surface area contributed by atoms with Crippen LogP contribution in [0.1, 0.15) is 36.0 Å². The van der Waals surface area contributed by atoms with Crippen LogP contribution in [-0.2, 0) is 5.60 Å². The molecule has 0 aliphatic carbocycles. The van der Waals surface area contributed by atoms with E-state index in [1.54, 1.807) is 37.2 Å². The van der Waals surface area contributed by atoms with Gasteiger partial charge in [0.25, 0.3) is 0 Å². The zero-order valence-corrected chi connectivity index (χ0v) is 23.8. The number of benzene rings is 2. The molecule has 5 nitrogen and oxygen atoms in total. The van der Waals surface area contributed by atoms with Crippen molar-refractivity contribution < 1.29 is 14.2 Å².